The lowest BCUT2D eigenvalue weighted by molar-refractivity contribution is 0.0348. The van der Waals surface area contributed by atoms with Gasteiger partial charge in [-0.3, -0.25) is 0 Å². The molecule has 1 aromatic rings. The van der Waals surface area contributed by atoms with Crippen LogP contribution in [0.4, 0.5) is 0 Å². The quantitative estimate of drug-likeness (QED) is 0.776. The number of aromatic hydroxyl groups is 1. The Balaban J connectivity index is 2.86. The SMILES string of the molecule is CC(C)CC(C)(O)c1ccc(O)cc1. The molecule has 14 heavy (non-hydrogen) atoms. The Kier molecular flexibility index (Phi) is 3.17. The van der Waals surface area contributed by atoms with Crippen LogP contribution in [0.15, 0.2) is 24.3 Å². The Labute approximate surface area is 85.2 Å². The molecule has 0 spiro atoms. The molecule has 2 N–H and O–H groups in total. The number of hydrogen-bond acceptors (Lipinski definition) is 2. The molecule has 0 saturated carbocycles. The molecule has 1 unspecified atom stereocenters. The fourth-order valence-corrected chi connectivity index (χ4v) is 1.73. The minimum Gasteiger partial charge on any atom is -0.508 e. The first kappa shape index (κ1) is 11.1. The van der Waals surface area contributed by atoms with Crippen LogP contribution in [0.2, 0.25) is 0 Å². The highest BCUT2D eigenvalue weighted by atomic mass is 16.3. The molecule has 0 heterocycles. The third-order valence-electron chi connectivity index (χ3n) is 2.29. The van der Waals surface area contributed by atoms with E-state index in [1.54, 1.807) is 31.2 Å². The van der Waals surface area contributed by atoms with Crippen LogP contribution < -0.4 is 0 Å². The lowest BCUT2D eigenvalue weighted by Crippen LogP contribution is -2.23. The monoisotopic (exact) mass is 194 g/mol. The van der Waals surface area contributed by atoms with Gasteiger partial charge >= 0.3 is 0 Å². The van der Waals surface area contributed by atoms with Gasteiger partial charge in [-0.25, -0.2) is 0 Å². The van der Waals surface area contributed by atoms with Gasteiger partial charge in [0.1, 0.15) is 5.75 Å². The zero-order valence-corrected chi connectivity index (χ0v) is 8.99. The molecule has 0 radical (unpaired) electrons. The number of benzene rings is 1. The summed E-state index contributed by atoms with van der Waals surface area (Å²) in [6, 6.07) is 6.73. The normalized spacial score (nSPS) is 15.5. The highest BCUT2D eigenvalue weighted by molar-refractivity contribution is 5.29. The van der Waals surface area contributed by atoms with Gasteiger partial charge in [0, 0.05) is 0 Å². The van der Waals surface area contributed by atoms with E-state index in [1.807, 2.05) is 0 Å². The average Bonchev–Trinajstić information content (AvgIpc) is 2.02. The van der Waals surface area contributed by atoms with Crippen molar-refractivity contribution in [2.24, 2.45) is 5.92 Å². The van der Waals surface area contributed by atoms with Crippen molar-refractivity contribution in [3.8, 4) is 5.75 Å². The van der Waals surface area contributed by atoms with Gasteiger partial charge in [-0.1, -0.05) is 26.0 Å². The molecule has 2 heteroatoms. The van der Waals surface area contributed by atoms with Crippen molar-refractivity contribution in [1.29, 1.82) is 0 Å². The largest absolute Gasteiger partial charge is 0.508 e. The topological polar surface area (TPSA) is 40.5 Å². The summed E-state index contributed by atoms with van der Waals surface area (Å²) in [6.07, 6.45) is 0.720. The van der Waals surface area contributed by atoms with Gasteiger partial charge in [-0.2, -0.15) is 0 Å². The zero-order chi connectivity index (χ0) is 10.8. The molecule has 1 aromatic carbocycles. The standard InChI is InChI=1S/C12H18O2/c1-9(2)8-12(3,14)10-4-6-11(13)7-5-10/h4-7,9,13-14H,8H2,1-3H3. The van der Waals surface area contributed by atoms with Crippen molar-refractivity contribution >= 4 is 0 Å². The molecular weight excluding hydrogens is 176 g/mol. The first-order valence-electron chi connectivity index (χ1n) is 4.94. The van der Waals surface area contributed by atoms with Crippen molar-refractivity contribution in [3.63, 3.8) is 0 Å². The molecule has 0 aliphatic heterocycles. The third kappa shape index (κ3) is 2.74. The molecule has 1 atom stereocenters. The van der Waals surface area contributed by atoms with E-state index in [-0.39, 0.29) is 5.75 Å². The Morgan fingerprint density at radius 3 is 2.14 bits per heavy atom. The number of phenolic OH excluding ortho intramolecular Hbond substituents is 1. The summed E-state index contributed by atoms with van der Waals surface area (Å²) < 4.78 is 0. The molecular formula is C12H18O2. The van der Waals surface area contributed by atoms with Gasteiger partial charge in [0.2, 0.25) is 0 Å². The molecule has 0 amide bonds. The lowest BCUT2D eigenvalue weighted by atomic mass is 9.87. The maximum atomic E-state index is 10.2. The molecule has 1 rings (SSSR count). The Hall–Kier alpha value is -1.02. The molecule has 0 aliphatic carbocycles. The summed E-state index contributed by atoms with van der Waals surface area (Å²) in [7, 11) is 0. The highest BCUT2D eigenvalue weighted by Crippen LogP contribution is 2.28. The van der Waals surface area contributed by atoms with E-state index in [2.05, 4.69) is 13.8 Å². The predicted octanol–water partition coefficient (Wildman–Crippen LogP) is 2.65. The lowest BCUT2D eigenvalue weighted by Gasteiger charge is -2.25. The van der Waals surface area contributed by atoms with Crippen LogP contribution in [0.5, 0.6) is 5.75 Å². The van der Waals surface area contributed by atoms with Crippen LogP contribution >= 0.6 is 0 Å². The average molecular weight is 194 g/mol. The number of phenols is 1. The van der Waals surface area contributed by atoms with Crippen molar-refractivity contribution in [2.45, 2.75) is 32.8 Å². The van der Waals surface area contributed by atoms with Crippen molar-refractivity contribution in [3.05, 3.63) is 29.8 Å². The van der Waals surface area contributed by atoms with Crippen LogP contribution in [-0.4, -0.2) is 10.2 Å². The van der Waals surface area contributed by atoms with Crippen molar-refractivity contribution < 1.29 is 10.2 Å². The molecule has 0 fully saturated rings. The summed E-state index contributed by atoms with van der Waals surface area (Å²) >= 11 is 0. The van der Waals surface area contributed by atoms with Gasteiger partial charge in [0.25, 0.3) is 0 Å². The predicted molar refractivity (Wildman–Crippen MR) is 57.1 cm³/mol. The van der Waals surface area contributed by atoms with Crippen molar-refractivity contribution in [2.75, 3.05) is 0 Å². The Morgan fingerprint density at radius 2 is 1.71 bits per heavy atom. The van der Waals surface area contributed by atoms with Gasteiger partial charge in [0.05, 0.1) is 5.60 Å². The number of rotatable bonds is 3. The van der Waals surface area contributed by atoms with Crippen LogP contribution in [0.1, 0.15) is 32.8 Å². The second kappa shape index (κ2) is 4.01. The van der Waals surface area contributed by atoms with Crippen LogP contribution in [0.25, 0.3) is 0 Å². The van der Waals surface area contributed by atoms with Crippen molar-refractivity contribution in [1.82, 2.24) is 0 Å². The van der Waals surface area contributed by atoms with E-state index in [4.69, 9.17) is 5.11 Å². The number of aliphatic hydroxyl groups is 1. The second-order valence-electron chi connectivity index (χ2n) is 4.42. The summed E-state index contributed by atoms with van der Waals surface area (Å²) in [5.41, 5.74) is 0.0472. The summed E-state index contributed by atoms with van der Waals surface area (Å²) in [5.74, 6) is 0.674. The number of hydrogen-bond donors (Lipinski definition) is 2. The maximum absolute atomic E-state index is 10.2. The summed E-state index contributed by atoms with van der Waals surface area (Å²) in [6.45, 7) is 5.96. The molecule has 2 nitrogen and oxygen atoms in total. The van der Waals surface area contributed by atoms with Crippen LogP contribution in [0, 0.1) is 5.92 Å². The molecule has 0 bridgehead atoms. The van der Waals surface area contributed by atoms with E-state index in [1.165, 1.54) is 0 Å². The molecule has 78 valence electrons. The second-order valence-corrected chi connectivity index (χ2v) is 4.42. The highest BCUT2D eigenvalue weighted by Gasteiger charge is 2.23. The van der Waals surface area contributed by atoms with Gasteiger partial charge in [-0.15, -0.1) is 0 Å². The first-order chi connectivity index (χ1) is 6.42. The van der Waals surface area contributed by atoms with E-state index < -0.39 is 5.60 Å². The van der Waals surface area contributed by atoms with Crippen LogP contribution in [0.3, 0.4) is 0 Å². The van der Waals surface area contributed by atoms with Gasteiger partial charge in [-0.05, 0) is 37.0 Å². The summed E-state index contributed by atoms with van der Waals surface area (Å²) in [4.78, 5) is 0. The minimum absolute atomic E-state index is 0.231. The fourth-order valence-electron chi connectivity index (χ4n) is 1.73. The van der Waals surface area contributed by atoms with Gasteiger partial charge in [0.15, 0.2) is 0 Å². The Morgan fingerprint density at radius 1 is 1.21 bits per heavy atom. The summed E-state index contributed by atoms with van der Waals surface area (Å²) in [5, 5.41) is 19.3. The fraction of sp³-hybridized carbons (Fsp3) is 0.500. The Bertz CT molecular complexity index is 286. The van der Waals surface area contributed by atoms with Crippen LogP contribution in [-0.2, 0) is 5.60 Å². The molecule has 0 aromatic heterocycles. The first-order valence-corrected chi connectivity index (χ1v) is 4.94. The minimum atomic E-state index is -0.804. The third-order valence-corrected chi connectivity index (χ3v) is 2.29. The maximum Gasteiger partial charge on any atom is 0.115 e. The molecule has 0 saturated heterocycles. The van der Waals surface area contributed by atoms with Gasteiger partial charge < -0.3 is 10.2 Å². The molecule has 0 aliphatic rings. The van der Waals surface area contributed by atoms with E-state index in [0.717, 1.165) is 12.0 Å². The van der Waals surface area contributed by atoms with E-state index >= 15 is 0 Å². The van der Waals surface area contributed by atoms with E-state index in [9.17, 15) is 5.11 Å². The smallest absolute Gasteiger partial charge is 0.115 e. The zero-order valence-electron chi connectivity index (χ0n) is 8.99. The van der Waals surface area contributed by atoms with E-state index in [0.29, 0.717) is 5.92 Å².